The lowest BCUT2D eigenvalue weighted by Gasteiger charge is -2.17. The number of benzene rings is 2. The van der Waals surface area contributed by atoms with E-state index in [0.717, 1.165) is 4.90 Å². The van der Waals surface area contributed by atoms with Gasteiger partial charge in [0.1, 0.15) is 11.6 Å². The topological polar surface area (TPSA) is 121 Å². The Balaban J connectivity index is 1.69. The normalized spacial score (nSPS) is 20.0. The average Bonchev–Trinajstić information content (AvgIpc) is 3.28. The summed E-state index contributed by atoms with van der Waals surface area (Å²) in [5.74, 6) is -1.05. The molecule has 2 aliphatic heterocycles. The van der Waals surface area contributed by atoms with Crippen LogP contribution in [0.4, 0.5) is 11.4 Å². The Morgan fingerprint density at radius 1 is 1.07 bits per heavy atom. The molecule has 2 aliphatic rings. The van der Waals surface area contributed by atoms with Gasteiger partial charge in [0.2, 0.25) is 12.0 Å². The molecule has 2 amide bonds. The number of oxime groups is 1. The number of aryl methyl sites for hydroxylation is 1. The highest BCUT2D eigenvalue weighted by Crippen LogP contribution is 2.38. The third kappa shape index (κ3) is 2.84. The molecule has 10 nitrogen and oxygen atoms in total. The molecule has 2 unspecified atom stereocenters. The van der Waals surface area contributed by atoms with Crippen molar-refractivity contribution in [2.24, 2.45) is 11.1 Å². The van der Waals surface area contributed by atoms with E-state index in [4.69, 9.17) is 14.3 Å². The summed E-state index contributed by atoms with van der Waals surface area (Å²) in [7, 11) is 2.99. The number of hydrogen-bond acceptors (Lipinski definition) is 8. The minimum Gasteiger partial charge on any atom is -0.493 e. The molecule has 0 bridgehead atoms. The van der Waals surface area contributed by atoms with E-state index in [1.54, 1.807) is 25.1 Å². The fraction of sp³-hybridized carbons (Fsp3) is 0.250. The van der Waals surface area contributed by atoms with Crippen molar-refractivity contribution in [3.63, 3.8) is 0 Å². The minimum atomic E-state index is -1.09. The molecule has 4 rings (SSSR count). The number of fused-ring (bicyclic) bond motifs is 1. The average molecular weight is 411 g/mol. The summed E-state index contributed by atoms with van der Waals surface area (Å²) in [6.45, 7) is 1.60. The minimum absolute atomic E-state index is 0.126. The van der Waals surface area contributed by atoms with Crippen LogP contribution in [0.1, 0.15) is 11.1 Å². The predicted octanol–water partition coefficient (Wildman–Crippen LogP) is 2.21. The van der Waals surface area contributed by atoms with Crippen molar-refractivity contribution in [1.29, 1.82) is 0 Å². The van der Waals surface area contributed by atoms with Gasteiger partial charge in [0.05, 0.1) is 24.8 Å². The second-order valence-electron chi connectivity index (χ2n) is 6.79. The first-order valence-electron chi connectivity index (χ1n) is 8.96. The number of nitro groups is 1. The first-order chi connectivity index (χ1) is 14.4. The Hall–Kier alpha value is -3.95. The Morgan fingerprint density at radius 3 is 2.43 bits per heavy atom. The van der Waals surface area contributed by atoms with Gasteiger partial charge in [-0.25, -0.2) is 4.90 Å². The number of amides is 2. The van der Waals surface area contributed by atoms with Crippen molar-refractivity contribution in [3.8, 4) is 11.5 Å². The number of nitrogens with zero attached hydrogens (tertiary/aromatic N) is 3. The molecule has 0 spiro atoms. The fourth-order valence-corrected chi connectivity index (χ4v) is 3.65. The van der Waals surface area contributed by atoms with E-state index < -0.39 is 28.8 Å². The van der Waals surface area contributed by atoms with Crippen molar-refractivity contribution in [2.45, 2.75) is 13.0 Å². The van der Waals surface area contributed by atoms with Crippen LogP contribution in [0.2, 0.25) is 0 Å². The molecule has 0 aromatic heterocycles. The second kappa shape index (κ2) is 7.14. The number of methoxy groups -OCH3 is 2. The van der Waals surface area contributed by atoms with Crippen LogP contribution in [-0.4, -0.2) is 42.8 Å². The quantitative estimate of drug-likeness (QED) is 0.420. The summed E-state index contributed by atoms with van der Waals surface area (Å²) in [5.41, 5.74) is 1.44. The van der Waals surface area contributed by atoms with Crippen LogP contribution in [0.3, 0.4) is 0 Å². The largest absolute Gasteiger partial charge is 0.493 e. The first-order valence-corrected chi connectivity index (χ1v) is 8.96. The maximum Gasteiger partial charge on any atom is 0.278 e. The zero-order chi connectivity index (χ0) is 21.6. The van der Waals surface area contributed by atoms with Crippen molar-refractivity contribution in [1.82, 2.24) is 0 Å². The summed E-state index contributed by atoms with van der Waals surface area (Å²) in [4.78, 5) is 42.8. The maximum atomic E-state index is 13.2. The number of nitro benzene ring substituents is 1. The highest BCUT2D eigenvalue weighted by molar-refractivity contribution is 6.32. The Bertz CT molecular complexity index is 1110. The van der Waals surface area contributed by atoms with E-state index in [1.165, 1.54) is 32.4 Å². The van der Waals surface area contributed by atoms with Crippen molar-refractivity contribution >= 4 is 28.9 Å². The number of hydrogen-bond donors (Lipinski definition) is 0. The van der Waals surface area contributed by atoms with Gasteiger partial charge in [-0.3, -0.25) is 19.7 Å². The lowest BCUT2D eigenvalue weighted by Crippen LogP contribution is -2.33. The summed E-state index contributed by atoms with van der Waals surface area (Å²) in [6.07, 6.45) is -1.09. The summed E-state index contributed by atoms with van der Waals surface area (Å²) in [5, 5.41) is 14.9. The van der Waals surface area contributed by atoms with Gasteiger partial charge in [-0.2, -0.15) is 0 Å². The van der Waals surface area contributed by atoms with E-state index in [0.29, 0.717) is 28.3 Å². The number of anilines is 1. The fourth-order valence-electron chi connectivity index (χ4n) is 3.65. The molecule has 0 aliphatic carbocycles. The van der Waals surface area contributed by atoms with Crippen LogP contribution >= 0.6 is 0 Å². The van der Waals surface area contributed by atoms with Gasteiger partial charge >= 0.3 is 0 Å². The first kappa shape index (κ1) is 19.4. The molecule has 1 fully saturated rings. The molecular formula is C20H17N3O7. The van der Waals surface area contributed by atoms with Gasteiger partial charge in [0.25, 0.3) is 11.6 Å². The van der Waals surface area contributed by atoms with E-state index in [-0.39, 0.29) is 11.4 Å². The van der Waals surface area contributed by atoms with Gasteiger partial charge in [-0.15, -0.1) is 0 Å². The number of ether oxygens (including phenoxy) is 2. The summed E-state index contributed by atoms with van der Waals surface area (Å²) < 4.78 is 10.5. The third-order valence-corrected chi connectivity index (χ3v) is 5.12. The molecule has 0 N–H and O–H groups in total. The van der Waals surface area contributed by atoms with Gasteiger partial charge < -0.3 is 14.3 Å². The van der Waals surface area contributed by atoms with Crippen LogP contribution in [0.15, 0.2) is 41.6 Å². The number of rotatable bonds is 5. The molecule has 2 heterocycles. The molecule has 2 aromatic carbocycles. The molecule has 2 atom stereocenters. The van der Waals surface area contributed by atoms with Crippen LogP contribution < -0.4 is 14.4 Å². The lowest BCUT2D eigenvalue weighted by molar-refractivity contribution is -0.384. The number of non-ortho nitro benzene ring substituents is 1. The van der Waals surface area contributed by atoms with Crippen molar-refractivity contribution in [2.75, 3.05) is 19.1 Å². The maximum absolute atomic E-state index is 13.2. The van der Waals surface area contributed by atoms with Gasteiger partial charge in [-0.05, 0) is 36.8 Å². The molecule has 10 heteroatoms. The smallest absolute Gasteiger partial charge is 0.278 e. The zero-order valence-electron chi connectivity index (χ0n) is 16.3. The van der Waals surface area contributed by atoms with Crippen molar-refractivity contribution < 1.29 is 28.8 Å². The second-order valence-corrected chi connectivity index (χ2v) is 6.79. The molecule has 0 saturated carbocycles. The van der Waals surface area contributed by atoms with E-state index in [1.807, 2.05) is 0 Å². The standard InChI is InChI=1S/C20H17N3O7/c1-10-8-12(23(26)27)5-6-13(10)22-19(24)16-17(21-30-18(16)20(22)25)11-4-7-14(28-2)15(9-11)29-3/h4-9,16,18H,1-3H3. The third-order valence-electron chi connectivity index (χ3n) is 5.12. The molecule has 1 saturated heterocycles. The van der Waals surface area contributed by atoms with Crippen LogP contribution in [0.25, 0.3) is 0 Å². The highest BCUT2D eigenvalue weighted by atomic mass is 16.7. The monoisotopic (exact) mass is 411 g/mol. The highest BCUT2D eigenvalue weighted by Gasteiger charge is 2.56. The van der Waals surface area contributed by atoms with Gasteiger partial charge in [-0.1, -0.05) is 5.16 Å². The number of carbonyl (C=O) groups is 2. The SMILES string of the molecule is COc1ccc(C2=NOC3C(=O)N(c4ccc([N+](=O)[O-])cc4C)C(=O)C23)cc1OC. The zero-order valence-corrected chi connectivity index (χ0v) is 16.3. The Kier molecular flexibility index (Phi) is 4.61. The Labute approximate surface area is 170 Å². The molecule has 2 aromatic rings. The Morgan fingerprint density at radius 2 is 1.80 bits per heavy atom. The summed E-state index contributed by atoms with van der Waals surface area (Å²) in [6, 6.07) is 8.97. The van der Waals surface area contributed by atoms with E-state index >= 15 is 0 Å². The van der Waals surface area contributed by atoms with Crippen molar-refractivity contribution in [3.05, 3.63) is 57.6 Å². The van der Waals surface area contributed by atoms with E-state index in [2.05, 4.69) is 5.16 Å². The molecule has 0 radical (unpaired) electrons. The molecular weight excluding hydrogens is 394 g/mol. The molecule has 154 valence electrons. The summed E-state index contributed by atoms with van der Waals surface area (Å²) >= 11 is 0. The van der Waals surface area contributed by atoms with Crippen LogP contribution in [0.5, 0.6) is 11.5 Å². The number of carbonyl (C=O) groups excluding carboxylic acids is 2. The predicted molar refractivity (Wildman–Crippen MR) is 105 cm³/mol. The number of imide groups is 1. The van der Waals surface area contributed by atoms with Gasteiger partial charge in [0.15, 0.2) is 11.5 Å². The van der Waals surface area contributed by atoms with Crippen LogP contribution in [-0.2, 0) is 14.4 Å². The van der Waals surface area contributed by atoms with Crippen LogP contribution in [0, 0.1) is 23.0 Å². The van der Waals surface area contributed by atoms with E-state index in [9.17, 15) is 19.7 Å². The van der Waals surface area contributed by atoms with Gasteiger partial charge in [0, 0.05) is 17.7 Å². The molecule has 30 heavy (non-hydrogen) atoms. The lowest BCUT2D eigenvalue weighted by atomic mass is 9.94.